The monoisotopic (exact) mass is 474 g/mol. The molecule has 168 valence electrons. The van der Waals surface area contributed by atoms with Gasteiger partial charge in [-0.3, -0.25) is 9.59 Å². The van der Waals surface area contributed by atoms with Crippen LogP contribution in [0.4, 0.5) is 0 Å². The number of carbonyl (C=O) groups excluding carboxylic acids is 1. The molecule has 1 fully saturated rings. The summed E-state index contributed by atoms with van der Waals surface area (Å²) in [7, 11) is 1.81. The van der Waals surface area contributed by atoms with Gasteiger partial charge < -0.3 is 19.7 Å². The molecule has 0 bridgehead atoms. The lowest BCUT2D eigenvalue weighted by Gasteiger charge is -2.42. The number of carboxylic acids is 1. The second kappa shape index (κ2) is 8.77. The lowest BCUT2D eigenvalue weighted by atomic mass is 9.85. The Kier molecular flexibility index (Phi) is 6.21. The number of ether oxygens (including phenoxy) is 1. The first-order valence-corrected chi connectivity index (χ1v) is 11.2. The number of aryl methyl sites for hydroxylation is 1. The Morgan fingerprint density at radius 1 is 1.19 bits per heavy atom. The third kappa shape index (κ3) is 3.87. The van der Waals surface area contributed by atoms with Gasteiger partial charge in [0.15, 0.2) is 0 Å². The molecule has 0 spiro atoms. The molecule has 2 heterocycles. The number of aliphatic carboxylic acids is 1. The van der Waals surface area contributed by atoms with E-state index in [0.29, 0.717) is 40.8 Å². The number of nitrogens with zero attached hydrogens (tertiary/aromatic N) is 1. The van der Waals surface area contributed by atoms with Gasteiger partial charge in [-0.15, -0.1) is 0 Å². The number of hydrogen-bond donors (Lipinski definition) is 2. The summed E-state index contributed by atoms with van der Waals surface area (Å²) in [6.45, 7) is 2.65. The number of carboxylic acid groups (broad SMARTS) is 1. The number of amides is 1. The zero-order valence-corrected chi connectivity index (χ0v) is 19.3. The maximum atomic E-state index is 13.2. The SMILES string of the molecule is CCCC(C(=O)O)c1ccc(C2(NC(=O)c3cc4c(Cl)c(Cl)ccc4n3C)COC2)cc1. The summed E-state index contributed by atoms with van der Waals surface area (Å²) in [5, 5.41) is 14.2. The number of halogens is 2. The number of nitrogens with one attached hydrogen (secondary N) is 1. The molecule has 0 saturated carbocycles. The van der Waals surface area contributed by atoms with Crippen LogP contribution in [0.2, 0.25) is 10.0 Å². The highest BCUT2D eigenvalue weighted by molar-refractivity contribution is 6.45. The molecule has 1 aliphatic heterocycles. The zero-order chi connectivity index (χ0) is 23.0. The molecular weight excluding hydrogens is 451 g/mol. The van der Waals surface area contributed by atoms with Gasteiger partial charge >= 0.3 is 5.97 Å². The fraction of sp³-hybridized carbons (Fsp3) is 0.333. The molecule has 8 heteroatoms. The predicted molar refractivity (Wildman–Crippen MR) is 125 cm³/mol. The van der Waals surface area contributed by atoms with Crippen molar-refractivity contribution in [3.63, 3.8) is 0 Å². The molecule has 32 heavy (non-hydrogen) atoms. The fourth-order valence-electron chi connectivity index (χ4n) is 4.22. The number of hydrogen-bond acceptors (Lipinski definition) is 3. The van der Waals surface area contributed by atoms with Crippen molar-refractivity contribution in [1.82, 2.24) is 9.88 Å². The minimum Gasteiger partial charge on any atom is -0.481 e. The Morgan fingerprint density at radius 3 is 2.44 bits per heavy atom. The summed E-state index contributed by atoms with van der Waals surface area (Å²) in [4.78, 5) is 24.8. The van der Waals surface area contributed by atoms with Gasteiger partial charge in [0.05, 0.1) is 29.2 Å². The molecule has 0 radical (unpaired) electrons. The molecule has 1 atom stereocenters. The van der Waals surface area contributed by atoms with E-state index in [1.54, 1.807) is 23.7 Å². The largest absolute Gasteiger partial charge is 0.481 e. The van der Waals surface area contributed by atoms with Crippen LogP contribution in [-0.4, -0.2) is 34.8 Å². The Labute approximate surface area is 196 Å². The molecule has 1 aliphatic rings. The van der Waals surface area contributed by atoms with Gasteiger partial charge in [-0.25, -0.2) is 0 Å². The molecule has 4 rings (SSSR count). The number of benzene rings is 2. The molecule has 2 N–H and O–H groups in total. The number of fused-ring (bicyclic) bond motifs is 1. The average Bonchev–Trinajstić information content (AvgIpc) is 3.09. The smallest absolute Gasteiger partial charge is 0.310 e. The van der Waals surface area contributed by atoms with Crippen LogP contribution in [0.1, 0.15) is 47.3 Å². The van der Waals surface area contributed by atoms with Crippen LogP contribution in [-0.2, 0) is 22.1 Å². The third-order valence-corrected chi connectivity index (χ3v) is 6.96. The maximum Gasteiger partial charge on any atom is 0.310 e. The summed E-state index contributed by atoms with van der Waals surface area (Å²) in [5.74, 6) is -1.62. The molecule has 2 aromatic carbocycles. The van der Waals surface area contributed by atoms with E-state index in [0.717, 1.165) is 23.1 Å². The van der Waals surface area contributed by atoms with Crippen LogP contribution in [0, 0.1) is 0 Å². The van der Waals surface area contributed by atoms with Crippen LogP contribution < -0.4 is 5.32 Å². The second-order valence-electron chi connectivity index (χ2n) is 8.21. The predicted octanol–water partition coefficient (Wildman–Crippen LogP) is 5.11. The van der Waals surface area contributed by atoms with E-state index in [1.165, 1.54) is 0 Å². The third-order valence-electron chi connectivity index (χ3n) is 6.14. The fourth-order valence-corrected chi connectivity index (χ4v) is 4.60. The highest BCUT2D eigenvalue weighted by atomic mass is 35.5. The molecule has 1 saturated heterocycles. The second-order valence-corrected chi connectivity index (χ2v) is 9.00. The van der Waals surface area contributed by atoms with Crippen molar-refractivity contribution in [2.24, 2.45) is 7.05 Å². The van der Waals surface area contributed by atoms with Gasteiger partial charge in [0.2, 0.25) is 0 Å². The standard InChI is InChI=1S/C24H24Cl2N2O4/c1-3-4-16(23(30)31)14-5-7-15(8-6-14)24(12-32-13-24)27-22(29)20-11-17-19(28(20)2)10-9-18(25)21(17)26/h5-11,16H,3-4,12-13H2,1-2H3,(H,27,29)(H,30,31). The van der Waals surface area contributed by atoms with Crippen molar-refractivity contribution in [2.75, 3.05) is 13.2 Å². The summed E-state index contributed by atoms with van der Waals surface area (Å²) < 4.78 is 7.24. The number of rotatable bonds is 7. The summed E-state index contributed by atoms with van der Waals surface area (Å²) in [6, 6.07) is 12.7. The highest BCUT2D eigenvalue weighted by Gasteiger charge is 2.42. The van der Waals surface area contributed by atoms with Gasteiger partial charge in [0, 0.05) is 18.0 Å². The van der Waals surface area contributed by atoms with E-state index < -0.39 is 17.4 Å². The van der Waals surface area contributed by atoms with E-state index >= 15 is 0 Å². The van der Waals surface area contributed by atoms with E-state index in [9.17, 15) is 14.7 Å². The first kappa shape index (κ1) is 22.6. The van der Waals surface area contributed by atoms with Crippen LogP contribution in [0.5, 0.6) is 0 Å². The van der Waals surface area contributed by atoms with Crippen molar-refractivity contribution in [3.8, 4) is 0 Å². The minimum atomic E-state index is -0.830. The summed E-state index contributed by atoms with van der Waals surface area (Å²) in [6.07, 6.45) is 1.36. The summed E-state index contributed by atoms with van der Waals surface area (Å²) >= 11 is 12.5. The molecule has 3 aromatic rings. The highest BCUT2D eigenvalue weighted by Crippen LogP contribution is 2.34. The van der Waals surface area contributed by atoms with Crippen molar-refractivity contribution < 1.29 is 19.4 Å². The lowest BCUT2D eigenvalue weighted by molar-refractivity contribution is -0.139. The van der Waals surface area contributed by atoms with Crippen LogP contribution in [0.15, 0.2) is 42.5 Å². The Hall–Kier alpha value is -2.54. The van der Waals surface area contributed by atoms with Crippen LogP contribution >= 0.6 is 23.2 Å². The van der Waals surface area contributed by atoms with Gasteiger partial charge in [0.25, 0.3) is 5.91 Å². The Bertz CT molecular complexity index is 1180. The zero-order valence-electron chi connectivity index (χ0n) is 17.8. The van der Waals surface area contributed by atoms with Crippen molar-refractivity contribution in [1.29, 1.82) is 0 Å². The molecule has 1 unspecified atom stereocenters. The van der Waals surface area contributed by atoms with E-state index in [1.807, 2.05) is 37.3 Å². The minimum absolute atomic E-state index is 0.252. The molecular formula is C24H24Cl2N2O4. The molecule has 1 amide bonds. The van der Waals surface area contributed by atoms with E-state index in [2.05, 4.69) is 5.32 Å². The van der Waals surface area contributed by atoms with Gasteiger partial charge in [-0.05, 0) is 35.7 Å². The first-order valence-electron chi connectivity index (χ1n) is 10.4. The van der Waals surface area contributed by atoms with Crippen molar-refractivity contribution in [2.45, 2.75) is 31.2 Å². The van der Waals surface area contributed by atoms with Gasteiger partial charge in [-0.2, -0.15) is 0 Å². The van der Waals surface area contributed by atoms with E-state index in [4.69, 9.17) is 27.9 Å². The topological polar surface area (TPSA) is 80.6 Å². The van der Waals surface area contributed by atoms with Crippen LogP contribution in [0.25, 0.3) is 10.9 Å². The number of aromatic nitrogens is 1. The molecule has 0 aliphatic carbocycles. The van der Waals surface area contributed by atoms with Gasteiger partial charge in [0.1, 0.15) is 11.2 Å². The Balaban J connectivity index is 1.61. The number of carbonyl (C=O) groups is 2. The molecule has 6 nitrogen and oxygen atoms in total. The maximum absolute atomic E-state index is 13.2. The van der Waals surface area contributed by atoms with Crippen molar-refractivity contribution in [3.05, 3.63) is 69.3 Å². The van der Waals surface area contributed by atoms with Gasteiger partial charge in [-0.1, -0.05) is 60.8 Å². The van der Waals surface area contributed by atoms with E-state index in [-0.39, 0.29) is 5.91 Å². The normalized spacial score (nSPS) is 15.9. The first-order chi connectivity index (χ1) is 15.3. The van der Waals surface area contributed by atoms with Crippen molar-refractivity contribution >= 4 is 46.0 Å². The average molecular weight is 475 g/mol. The molecule has 1 aromatic heterocycles. The lowest BCUT2D eigenvalue weighted by Crippen LogP contribution is -2.59. The Morgan fingerprint density at radius 2 is 1.88 bits per heavy atom. The van der Waals surface area contributed by atoms with Crippen LogP contribution in [0.3, 0.4) is 0 Å². The quantitative estimate of drug-likeness (QED) is 0.498. The summed E-state index contributed by atoms with van der Waals surface area (Å²) in [5.41, 5.74) is 2.23.